The molecule has 36 heavy (non-hydrogen) atoms. The van der Waals surface area contributed by atoms with Crippen molar-refractivity contribution in [3.63, 3.8) is 0 Å². The maximum atomic E-state index is 4.09. The van der Waals surface area contributed by atoms with E-state index < -0.39 is 0 Å². The SMILES string of the molecule is C=C(C)C1(c2ccc(C)cc2)CC1.C=C(C)c1ccc(C2=CCC(C)(CC)/C(=C\CC)C2(C)C)cc1. The number of rotatable bonds is 6. The van der Waals surface area contributed by atoms with Gasteiger partial charge in [-0.25, -0.2) is 0 Å². The van der Waals surface area contributed by atoms with Gasteiger partial charge < -0.3 is 0 Å². The minimum absolute atomic E-state index is 0.0871. The molecule has 1 unspecified atom stereocenters. The molecular formula is C36H48. The Balaban J connectivity index is 0.000000233. The van der Waals surface area contributed by atoms with Crippen molar-refractivity contribution in [1.82, 2.24) is 0 Å². The second kappa shape index (κ2) is 10.8. The van der Waals surface area contributed by atoms with Crippen LogP contribution < -0.4 is 0 Å². The average molecular weight is 481 g/mol. The van der Waals surface area contributed by atoms with Crippen LogP contribution in [0.2, 0.25) is 0 Å². The van der Waals surface area contributed by atoms with Crippen LogP contribution in [0.25, 0.3) is 11.1 Å². The summed E-state index contributed by atoms with van der Waals surface area (Å²) < 4.78 is 0. The van der Waals surface area contributed by atoms with Gasteiger partial charge in [0.2, 0.25) is 0 Å². The van der Waals surface area contributed by atoms with Crippen molar-refractivity contribution in [1.29, 1.82) is 0 Å². The van der Waals surface area contributed by atoms with E-state index in [0.29, 0.717) is 10.8 Å². The Bertz CT molecular complexity index is 1140. The summed E-state index contributed by atoms with van der Waals surface area (Å²) in [6.07, 6.45) is 11.0. The lowest BCUT2D eigenvalue weighted by molar-refractivity contribution is 0.310. The van der Waals surface area contributed by atoms with Gasteiger partial charge in [0, 0.05) is 10.8 Å². The van der Waals surface area contributed by atoms with Crippen molar-refractivity contribution in [3.05, 3.63) is 107 Å². The first-order valence-corrected chi connectivity index (χ1v) is 13.8. The zero-order chi connectivity index (χ0) is 26.7. The lowest BCUT2D eigenvalue weighted by atomic mass is 9.58. The zero-order valence-electron chi connectivity index (χ0n) is 24.2. The molecular weight excluding hydrogens is 432 g/mol. The molecule has 0 heteroatoms. The van der Waals surface area contributed by atoms with Crippen LogP contribution in [-0.2, 0) is 5.41 Å². The van der Waals surface area contributed by atoms with Crippen LogP contribution in [0.1, 0.15) is 103 Å². The zero-order valence-corrected chi connectivity index (χ0v) is 24.2. The molecule has 0 heterocycles. The highest BCUT2D eigenvalue weighted by Gasteiger charge is 2.44. The Morgan fingerprint density at radius 3 is 1.92 bits per heavy atom. The predicted molar refractivity (Wildman–Crippen MR) is 161 cm³/mol. The smallest absolute Gasteiger partial charge is 0.0157 e. The van der Waals surface area contributed by atoms with Crippen molar-refractivity contribution in [2.75, 3.05) is 0 Å². The first kappa shape index (κ1) is 28.0. The largest absolute Gasteiger partial charge is 0.0992 e. The summed E-state index contributed by atoms with van der Waals surface area (Å²) >= 11 is 0. The van der Waals surface area contributed by atoms with Gasteiger partial charge in [0.25, 0.3) is 0 Å². The summed E-state index contributed by atoms with van der Waals surface area (Å²) in [5.41, 5.74) is 11.6. The summed E-state index contributed by atoms with van der Waals surface area (Å²) in [5, 5.41) is 0. The van der Waals surface area contributed by atoms with Crippen molar-refractivity contribution in [2.24, 2.45) is 10.8 Å². The molecule has 0 amide bonds. The van der Waals surface area contributed by atoms with Gasteiger partial charge in [-0.1, -0.05) is 131 Å². The van der Waals surface area contributed by atoms with E-state index in [1.54, 1.807) is 5.57 Å². The summed E-state index contributed by atoms with van der Waals surface area (Å²) in [5.74, 6) is 0. The van der Waals surface area contributed by atoms with Crippen LogP contribution in [0.3, 0.4) is 0 Å². The van der Waals surface area contributed by atoms with Crippen LogP contribution in [0.4, 0.5) is 0 Å². The topological polar surface area (TPSA) is 0 Å². The minimum atomic E-state index is 0.0871. The molecule has 2 aromatic carbocycles. The molecule has 2 aromatic rings. The molecule has 0 nitrogen and oxygen atoms in total. The lowest BCUT2D eigenvalue weighted by Gasteiger charge is -2.46. The standard InChI is InChI=1S/C23H32.C13H16/c1-8-10-21-22(5,6)20(15-16-23(21,7)9-2)19-13-11-18(12-14-19)17(3)4;1-10(2)13(8-9-13)12-6-4-11(3)5-7-12/h10-15H,3,8-9,16H2,1-2,4-7H3;4-7H,1,8-9H2,2-3H3/b21-10-;. The normalized spacial score (nSPS) is 22.8. The monoisotopic (exact) mass is 480 g/mol. The van der Waals surface area contributed by atoms with Gasteiger partial charge in [-0.05, 0) is 80.6 Å². The van der Waals surface area contributed by atoms with Gasteiger partial charge in [-0.15, -0.1) is 0 Å². The first-order chi connectivity index (χ1) is 16.9. The molecule has 192 valence electrons. The quantitative estimate of drug-likeness (QED) is 0.361. The number of allylic oxidation sites excluding steroid dienone is 6. The predicted octanol–water partition coefficient (Wildman–Crippen LogP) is 10.9. The highest BCUT2D eigenvalue weighted by Crippen LogP contribution is 2.55. The molecule has 1 saturated carbocycles. The molecule has 0 bridgehead atoms. The Morgan fingerprint density at radius 2 is 1.47 bits per heavy atom. The van der Waals surface area contributed by atoms with Crippen LogP contribution in [0.15, 0.2) is 85.0 Å². The molecule has 0 saturated heterocycles. The number of aryl methyl sites for hydroxylation is 1. The van der Waals surface area contributed by atoms with E-state index in [1.165, 1.54) is 52.7 Å². The van der Waals surface area contributed by atoms with E-state index in [4.69, 9.17) is 0 Å². The first-order valence-electron chi connectivity index (χ1n) is 13.8. The molecule has 0 N–H and O–H groups in total. The fourth-order valence-corrected chi connectivity index (χ4v) is 6.00. The Morgan fingerprint density at radius 1 is 0.889 bits per heavy atom. The average Bonchev–Trinajstić information content (AvgIpc) is 3.65. The van der Waals surface area contributed by atoms with Gasteiger partial charge in [-0.3, -0.25) is 0 Å². The molecule has 2 aliphatic rings. The third-order valence-corrected chi connectivity index (χ3v) is 8.80. The van der Waals surface area contributed by atoms with Crippen molar-refractivity contribution >= 4 is 11.1 Å². The third-order valence-electron chi connectivity index (χ3n) is 8.80. The summed E-state index contributed by atoms with van der Waals surface area (Å²) in [6.45, 7) is 26.2. The Labute approximate surface area is 221 Å². The second-order valence-electron chi connectivity index (χ2n) is 12.0. The van der Waals surface area contributed by atoms with E-state index in [2.05, 4.69) is 129 Å². The Kier molecular flexibility index (Phi) is 8.39. The van der Waals surface area contributed by atoms with Crippen LogP contribution in [-0.4, -0.2) is 0 Å². The molecule has 1 fully saturated rings. The molecule has 0 aliphatic heterocycles. The number of benzene rings is 2. The van der Waals surface area contributed by atoms with Gasteiger partial charge in [0.15, 0.2) is 0 Å². The molecule has 0 radical (unpaired) electrons. The van der Waals surface area contributed by atoms with Gasteiger partial charge in [-0.2, -0.15) is 0 Å². The molecule has 4 rings (SSSR count). The van der Waals surface area contributed by atoms with Crippen molar-refractivity contribution in [3.8, 4) is 0 Å². The fourth-order valence-electron chi connectivity index (χ4n) is 6.00. The van der Waals surface area contributed by atoms with Gasteiger partial charge in [0.1, 0.15) is 0 Å². The van der Waals surface area contributed by atoms with Gasteiger partial charge in [0.05, 0.1) is 0 Å². The van der Waals surface area contributed by atoms with E-state index in [1.807, 2.05) is 0 Å². The van der Waals surface area contributed by atoms with Crippen LogP contribution in [0.5, 0.6) is 0 Å². The van der Waals surface area contributed by atoms with E-state index in [-0.39, 0.29) is 5.41 Å². The Hall–Kier alpha value is -2.60. The highest BCUT2D eigenvalue weighted by atomic mass is 14.5. The number of hydrogen-bond donors (Lipinski definition) is 0. The van der Waals surface area contributed by atoms with E-state index in [0.717, 1.165) is 18.4 Å². The van der Waals surface area contributed by atoms with Crippen LogP contribution >= 0.6 is 0 Å². The highest BCUT2D eigenvalue weighted by molar-refractivity contribution is 5.76. The lowest BCUT2D eigenvalue weighted by Crippen LogP contribution is -2.33. The van der Waals surface area contributed by atoms with E-state index in [9.17, 15) is 0 Å². The fraction of sp³-hybridized carbons (Fsp3) is 0.444. The molecule has 0 aromatic heterocycles. The maximum Gasteiger partial charge on any atom is 0.0157 e. The summed E-state index contributed by atoms with van der Waals surface area (Å²) in [4.78, 5) is 0. The maximum absolute atomic E-state index is 4.09. The van der Waals surface area contributed by atoms with E-state index >= 15 is 0 Å². The molecule has 0 spiro atoms. The van der Waals surface area contributed by atoms with Crippen molar-refractivity contribution < 1.29 is 0 Å². The molecule has 1 atom stereocenters. The van der Waals surface area contributed by atoms with Crippen LogP contribution in [0, 0.1) is 17.8 Å². The number of hydrogen-bond acceptors (Lipinski definition) is 0. The summed E-state index contributed by atoms with van der Waals surface area (Å²) in [6, 6.07) is 17.8. The second-order valence-corrected chi connectivity index (χ2v) is 12.0. The minimum Gasteiger partial charge on any atom is -0.0992 e. The van der Waals surface area contributed by atoms with Gasteiger partial charge >= 0.3 is 0 Å². The molecule has 2 aliphatic carbocycles. The summed E-state index contributed by atoms with van der Waals surface area (Å²) in [7, 11) is 0. The van der Waals surface area contributed by atoms with Crippen molar-refractivity contribution in [2.45, 2.75) is 92.9 Å². The third kappa shape index (κ3) is 5.54.